The van der Waals surface area contributed by atoms with E-state index in [1.807, 2.05) is 26.0 Å². The fraction of sp³-hybridized carbons (Fsp3) is 0.267. The molecule has 2 N–H and O–H groups in total. The van der Waals surface area contributed by atoms with Crippen molar-refractivity contribution in [1.29, 1.82) is 0 Å². The monoisotopic (exact) mass is 276 g/mol. The Morgan fingerprint density at radius 3 is 2.68 bits per heavy atom. The van der Waals surface area contributed by atoms with Gasteiger partial charge in [0.15, 0.2) is 0 Å². The van der Waals surface area contributed by atoms with E-state index in [0.29, 0.717) is 17.4 Å². The van der Waals surface area contributed by atoms with E-state index in [1.165, 1.54) is 0 Å². The molecule has 0 saturated carbocycles. The van der Waals surface area contributed by atoms with Crippen molar-refractivity contribution in [2.24, 2.45) is 5.73 Å². The van der Waals surface area contributed by atoms with Gasteiger partial charge in [-0.15, -0.1) is 0 Å². The summed E-state index contributed by atoms with van der Waals surface area (Å²) in [6.45, 7) is 4.57. The Bertz CT molecular complexity index is 584. The van der Waals surface area contributed by atoms with Gasteiger partial charge >= 0.3 is 0 Å². The number of aromatic nitrogens is 1. The first-order valence-electron chi connectivity index (χ1n) is 6.19. The van der Waals surface area contributed by atoms with Gasteiger partial charge in [-0.05, 0) is 56.1 Å². The van der Waals surface area contributed by atoms with Crippen LogP contribution in [-0.4, -0.2) is 11.5 Å². The van der Waals surface area contributed by atoms with Crippen LogP contribution in [0.3, 0.4) is 0 Å². The lowest BCUT2D eigenvalue weighted by Crippen LogP contribution is -2.04. The summed E-state index contributed by atoms with van der Waals surface area (Å²) >= 11 is 5.98. The molecule has 1 aromatic carbocycles. The number of nitrogens with zero attached hydrogens (tertiary/aromatic N) is 1. The van der Waals surface area contributed by atoms with Crippen LogP contribution in [0.2, 0.25) is 5.02 Å². The summed E-state index contributed by atoms with van der Waals surface area (Å²) in [5.74, 6) is 1.33. The van der Waals surface area contributed by atoms with E-state index in [1.54, 1.807) is 12.3 Å². The molecule has 0 bridgehead atoms. The Balaban J connectivity index is 2.25. The molecule has 0 saturated heterocycles. The molecule has 0 spiro atoms. The van der Waals surface area contributed by atoms with E-state index in [0.717, 1.165) is 28.9 Å². The van der Waals surface area contributed by atoms with Gasteiger partial charge < -0.3 is 10.5 Å². The van der Waals surface area contributed by atoms with Gasteiger partial charge in [0, 0.05) is 16.8 Å². The van der Waals surface area contributed by atoms with E-state index in [2.05, 4.69) is 11.1 Å². The van der Waals surface area contributed by atoms with Crippen molar-refractivity contribution in [3.05, 3.63) is 52.2 Å². The van der Waals surface area contributed by atoms with Gasteiger partial charge in [-0.1, -0.05) is 17.7 Å². The lowest BCUT2D eigenvalue weighted by atomic mass is 10.1. The summed E-state index contributed by atoms with van der Waals surface area (Å²) in [6.07, 6.45) is 2.62. The van der Waals surface area contributed by atoms with Crippen molar-refractivity contribution < 1.29 is 4.74 Å². The second-order valence-corrected chi connectivity index (χ2v) is 4.95. The van der Waals surface area contributed by atoms with Crippen LogP contribution in [-0.2, 0) is 6.42 Å². The highest BCUT2D eigenvalue weighted by atomic mass is 35.5. The molecule has 19 heavy (non-hydrogen) atoms. The van der Waals surface area contributed by atoms with E-state index < -0.39 is 0 Å². The number of benzene rings is 1. The van der Waals surface area contributed by atoms with E-state index in [4.69, 9.17) is 22.1 Å². The van der Waals surface area contributed by atoms with Crippen molar-refractivity contribution in [2.75, 3.05) is 6.54 Å². The van der Waals surface area contributed by atoms with Gasteiger partial charge in [0.25, 0.3) is 0 Å². The van der Waals surface area contributed by atoms with E-state index in [-0.39, 0.29) is 0 Å². The van der Waals surface area contributed by atoms with Crippen molar-refractivity contribution in [1.82, 2.24) is 4.98 Å². The number of hydrogen-bond acceptors (Lipinski definition) is 3. The van der Waals surface area contributed by atoms with Crippen LogP contribution >= 0.6 is 11.6 Å². The molecule has 0 unspecified atom stereocenters. The zero-order valence-corrected chi connectivity index (χ0v) is 11.9. The minimum absolute atomic E-state index is 0.603. The number of halogens is 1. The molecule has 0 fully saturated rings. The molecule has 3 nitrogen and oxygen atoms in total. The molecule has 2 aromatic rings. The third-order valence-electron chi connectivity index (χ3n) is 2.88. The number of aryl methyl sites for hydroxylation is 2. The van der Waals surface area contributed by atoms with Crippen LogP contribution in [0.5, 0.6) is 11.6 Å². The summed E-state index contributed by atoms with van der Waals surface area (Å²) < 4.78 is 5.83. The Morgan fingerprint density at radius 2 is 2.00 bits per heavy atom. The van der Waals surface area contributed by atoms with Crippen LogP contribution in [0.4, 0.5) is 0 Å². The highest BCUT2D eigenvalue weighted by Crippen LogP contribution is 2.28. The van der Waals surface area contributed by atoms with Crippen LogP contribution < -0.4 is 10.5 Å². The minimum Gasteiger partial charge on any atom is -0.438 e. The summed E-state index contributed by atoms with van der Waals surface area (Å²) in [6, 6.07) is 7.62. The maximum atomic E-state index is 5.98. The maximum Gasteiger partial charge on any atom is 0.222 e. The Hall–Kier alpha value is -1.58. The predicted octanol–water partition coefficient (Wildman–Crippen LogP) is 3.65. The average molecular weight is 277 g/mol. The lowest BCUT2D eigenvalue weighted by Gasteiger charge is -2.11. The molecule has 4 heteroatoms. The molecular formula is C15H17ClN2O. The molecule has 1 heterocycles. The van der Waals surface area contributed by atoms with Crippen LogP contribution in [0.25, 0.3) is 0 Å². The normalized spacial score (nSPS) is 10.5. The molecule has 0 radical (unpaired) electrons. The smallest absolute Gasteiger partial charge is 0.222 e. The Morgan fingerprint density at radius 1 is 1.21 bits per heavy atom. The average Bonchev–Trinajstić information content (AvgIpc) is 2.37. The largest absolute Gasteiger partial charge is 0.438 e. The van der Waals surface area contributed by atoms with Crippen molar-refractivity contribution in [2.45, 2.75) is 20.3 Å². The van der Waals surface area contributed by atoms with Gasteiger partial charge in [0.05, 0.1) is 0 Å². The fourth-order valence-electron chi connectivity index (χ4n) is 1.82. The molecule has 1 aromatic heterocycles. The molecule has 2 rings (SSSR count). The molecular weight excluding hydrogens is 260 g/mol. The maximum absolute atomic E-state index is 5.98. The summed E-state index contributed by atoms with van der Waals surface area (Å²) in [4.78, 5) is 4.34. The van der Waals surface area contributed by atoms with E-state index in [9.17, 15) is 0 Å². The van der Waals surface area contributed by atoms with Gasteiger partial charge in [-0.25, -0.2) is 4.98 Å². The third kappa shape index (κ3) is 3.46. The first-order valence-corrected chi connectivity index (χ1v) is 6.57. The first kappa shape index (κ1) is 13.8. The molecule has 0 aliphatic rings. The lowest BCUT2D eigenvalue weighted by molar-refractivity contribution is 0.455. The summed E-state index contributed by atoms with van der Waals surface area (Å²) in [5, 5.41) is 0.651. The number of hydrogen-bond donors (Lipinski definition) is 1. The standard InChI is InChI=1S/C15H17ClN2O/c1-10-3-4-13(16)8-14(10)19-15-11(2)7-12(5-6-17)9-18-15/h3-4,7-9H,5-6,17H2,1-2H3. The van der Waals surface area contributed by atoms with Crippen molar-refractivity contribution in [3.63, 3.8) is 0 Å². The number of nitrogens with two attached hydrogens (primary N) is 1. The first-order chi connectivity index (χ1) is 9.10. The topological polar surface area (TPSA) is 48.1 Å². The highest BCUT2D eigenvalue weighted by molar-refractivity contribution is 6.30. The highest BCUT2D eigenvalue weighted by Gasteiger charge is 2.07. The second-order valence-electron chi connectivity index (χ2n) is 4.52. The summed E-state index contributed by atoms with van der Waals surface area (Å²) in [7, 11) is 0. The molecule has 100 valence electrons. The van der Waals surface area contributed by atoms with Gasteiger partial charge in [0.2, 0.25) is 5.88 Å². The molecule has 0 aliphatic heterocycles. The minimum atomic E-state index is 0.603. The predicted molar refractivity (Wildman–Crippen MR) is 78.0 cm³/mol. The fourth-order valence-corrected chi connectivity index (χ4v) is 1.98. The zero-order valence-electron chi connectivity index (χ0n) is 11.1. The zero-order chi connectivity index (χ0) is 13.8. The van der Waals surface area contributed by atoms with Crippen LogP contribution in [0, 0.1) is 13.8 Å². The second kappa shape index (κ2) is 6.04. The third-order valence-corrected chi connectivity index (χ3v) is 3.11. The Kier molecular flexibility index (Phi) is 4.40. The SMILES string of the molecule is Cc1ccc(Cl)cc1Oc1ncc(CCN)cc1C. The van der Waals surface area contributed by atoms with Gasteiger partial charge in [0.1, 0.15) is 5.75 Å². The van der Waals surface area contributed by atoms with E-state index >= 15 is 0 Å². The van der Waals surface area contributed by atoms with Gasteiger partial charge in [-0.3, -0.25) is 0 Å². The Labute approximate surface area is 118 Å². The number of ether oxygens (including phenoxy) is 1. The van der Waals surface area contributed by atoms with Crippen LogP contribution in [0.1, 0.15) is 16.7 Å². The van der Waals surface area contributed by atoms with Crippen molar-refractivity contribution >= 4 is 11.6 Å². The van der Waals surface area contributed by atoms with Crippen molar-refractivity contribution in [3.8, 4) is 11.6 Å². The number of rotatable bonds is 4. The van der Waals surface area contributed by atoms with Crippen LogP contribution in [0.15, 0.2) is 30.5 Å². The molecule has 0 atom stereocenters. The number of pyridine rings is 1. The van der Waals surface area contributed by atoms with Gasteiger partial charge in [-0.2, -0.15) is 0 Å². The molecule has 0 amide bonds. The quantitative estimate of drug-likeness (QED) is 0.927. The molecule has 0 aliphatic carbocycles. The summed E-state index contributed by atoms with van der Waals surface area (Å²) in [5.41, 5.74) is 8.67.